The number of esters is 1. The highest BCUT2D eigenvalue weighted by Crippen LogP contribution is 2.18. The van der Waals surface area contributed by atoms with Crippen molar-refractivity contribution in [2.75, 3.05) is 13.2 Å². The summed E-state index contributed by atoms with van der Waals surface area (Å²) in [6, 6.07) is -0.539. The number of unbranched alkanes of at least 4 members (excludes halogenated alkanes) is 46. The third kappa shape index (κ3) is 57.6. The van der Waals surface area contributed by atoms with Gasteiger partial charge in [-0.25, -0.2) is 0 Å². The molecule has 0 aliphatic rings. The largest absolute Gasteiger partial charge is 0.466 e. The van der Waals surface area contributed by atoms with Crippen LogP contribution in [0.2, 0.25) is 0 Å². The van der Waals surface area contributed by atoms with Gasteiger partial charge in [-0.1, -0.05) is 314 Å². The highest BCUT2D eigenvalue weighted by Gasteiger charge is 2.20. The monoisotopic (exact) mass is 1010 g/mol. The minimum absolute atomic E-state index is 0.00367. The van der Waals surface area contributed by atoms with E-state index in [1.807, 2.05) is 0 Å². The van der Waals surface area contributed by atoms with Gasteiger partial charge in [0.1, 0.15) is 0 Å². The lowest BCUT2D eigenvalue weighted by Gasteiger charge is -2.22. The molecule has 0 aromatic heterocycles. The molecule has 0 bridgehead atoms. The minimum Gasteiger partial charge on any atom is -0.466 e. The highest BCUT2D eigenvalue weighted by atomic mass is 16.5. The van der Waals surface area contributed by atoms with E-state index in [9.17, 15) is 19.8 Å². The summed E-state index contributed by atoms with van der Waals surface area (Å²) in [6.45, 7) is 4.94. The van der Waals surface area contributed by atoms with Crippen LogP contribution in [-0.2, 0) is 14.3 Å². The third-order valence-corrected chi connectivity index (χ3v) is 15.3. The second kappa shape index (κ2) is 61.9. The number of hydrogen-bond acceptors (Lipinski definition) is 5. The molecule has 6 nitrogen and oxygen atoms in total. The van der Waals surface area contributed by atoms with Crippen LogP contribution in [0, 0.1) is 0 Å². The molecule has 0 saturated heterocycles. The molecule has 3 N–H and O–H groups in total. The molecule has 426 valence electrons. The second-order valence-electron chi connectivity index (χ2n) is 22.5. The van der Waals surface area contributed by atoms with Crippen LogP contribution in [0.25, 0.3) is 0 Å². The molecule has 1 amide bonds. The molecule has 0 radical (unpaired) electrons. The number of aliphatic hydroxyl groups excluding tert-OH is 2. The van der Waals surface area contributed by atoms with Crippen LogP contribution >= 0.6 is 0 Å². The Labute approximate surface area is 450 Å². The number of rotatable bonds is 61. The van der Waals surface area contributed by atoms with Crippen molar-refractivity contribution in [2.24, 2.45) is 0 Å². The summed E-state index contributed by atoms with van der Waals surface area (Å²) in [4.78, 5) is 24.5. The fourth-order valence-corrected chi connectivity index (χ4v) is 10.3. The van der Waals surface area contributed by atoms with E-state index in [1.165, 1.54) is 276 Å². The molecule has 0 aromatic carbocycles. The average Bonchev–Trinajstić information content (AvgIpc) is 3.38. The summed E-state index contributed by atoms with van der Waals surface area (Å²) in [7, 11) is 0. The van der Waals surface area contributed by atoms with Gasteiger partial charge in [0.2, 0.25) is 5.91 Å². The minimum atomic E-state index is -0.662. The molecule has 0 aromatic rings. The summed E-state index contributed by atoms with van der Waals surface area (Å²) in [6.07, 6.45) is 76.3. The number of ether oxygens (including phenoxy) is 1. The summed E-state index contributed by atoms with van der Waals surface area (Å²) < 4.78 is 5.48. The number of nitrogens with one attached hydrogen (secondary N) is 1. The van der Waals surface area contributed by atoms with E-state index in [0.29, 0.717) is 25.9 Å². The van der Waals surface area contributed by atoms with Gasteiger partial charge in [0.25, 0.3) is 0 Å². The van der Waals surface area contributed by atoms with E-state index in [-0.39, 0.29) is 18.5 Å². The zero-order valence-corrected chi connectivity index (χ0v) is 48.7. The smallest absolute Gasteiger partial charge is 0.305 e. The molecule has 0 saturated carbocycles. The maximum Gasteiger partial charge on any atom is 0.305 e. The van der Waals surface area contributed by atoms with Crippen molar-refractivity contribution in [3.8, 4) is 0 Å². The molecule has 72 heavy (non-hydrogen) atoms. The first-order valence-corrected chi connectivity index (χ1v) is 32.6. The zero-order valence-electron chi connectivity index (χ0n) is 48.7. The van der Waals surface area contributed by atoms with Crippen LogP contribution in [0.15, 0.2) is 24.3 Å². The molecule has 0 fully saturated rings. The summed E-state index contributed by atoms with van der Waals surface area (Å²) in [5.41, 5.74) is 0. The van der Waals surface area contributed by atoms with Gasteiger partial charge >= 0.3 is 5.97 Å². The summed E-state index contributed by atoms with van der Waals surface area (Å²) in [5, 5.41) is 23.3. The third-order valence-electron chi connectivity index (χ3n) is 15.3. The van der Waals surface area contributed by atoms with Gasteiger partial charge in [-0.3, -0.25) is 9.59 Å². The van der Waals surface area contributed by atoms with Crippen molar-refractivity contribution in [2.45, 2.75) is 373 Å². The quantitative estimate of drug-likeness (QED) is 0.0320. The number of allylic oxidation sites excluding steroid dienone is 4. The predicted octanol–water partition coefficient (Wildman–Crippen LogP) is 20.6. The molecular weight excluding hydrogens is 887 g/mol. The van der Waals surface area contributed by atoms with E-state index in [1.54, 1.807) is 0 Å². The van der Waals surface area contributed by atoms with Crippen LogP contribution in [-0.4, -0.2) is 47.4 Å². The normalized spacial score (nSPS) is 12.7. The maximum atomic E-state index is 12.5. The maximum absolute atomic E-state index is 12.5. The van der Waals surface area contributed by atoms with Crippen molar-refractivity contribution < 1.29 is 24.5 Å². The van der Waals surface area contributed by atoms with Gasteiger partial charge in [-0.2, -0.15) is 0 Å². The van der Waals surface area contributed by atoms with Crippen LogP contribution < -0.4 is 5.32 Å². The van der Waals surface area contributed by atoms with E-state index in [4.69, 9.17) is 4.74 Å². The molecule has 0 aliphatic heterocycles. The lowest BCUT2D eigenvalue weighted by molar-refractivity contribution is -0.143. The summed E-state index contributed by atoms with van der Waals surface area (Å²) >= 11 is 0. The van der Waals surface area contributed by atoms with Crippen LogP contribution in [0.4, 0.5) is 0 Å². The zero-order chi connectivity index (χ0) is 52.2. The Kier molecular flexibility index (Phi) is 60.5. The number of amides is 1. The van der Waals surface area contributed by atoms with Crippen LogP contribution in [0.1, 0.15) is 361 Å². The topological polar surface area (TPSA) is 95.9 Å². The number of carbonyl (C=O) groups excluding carboxylic acids is 2. The van der Waals surface area contributed by atoms with E-state index in [2.05, 4.69) is 43.5 Å². The Morgan fingerprint density at radius 3 is 1.08 bits per heavy atom. The van der Waals surface area contributed by atoms with E-state index < -0.39 is 12.1 Å². The molecule has 0 rings (SSSR count). The van der Waals surface area contributed by atoms with E-state index in [0.717, 1.165) is 51.4 Å². The number of hydrogen-bond donors (Lipinski definition) is 3. The molecule has 2 atom stereocenters. The Balaban J connectivity index is 3.35. The van der Waals surface area contributed by atoms with Crippen molar-refractivity contribution in [3.63, 3.8) is 0 Å². The van der Waals surface area contributed by atoms with Crippen molar-refractivity contribution in [3.05, 3.63) is 24.3 Å². The van der Waals surface area contributed by atoms with Gasteiger partial charge < -0.3 is 20.3 Å². The predicted molar refractivity (Wildman–Crippen MR) is 315 cm³/mol. The molecule has 6 heteroatoms. The Hall–Kier alpha value is -1.66. The van der Waals surface area contributed by atoms with Crippen molar-refractivity contribution in [1.82, 2.24) is 5.32 Å². The highest BCUT2D eigenvalue weighted by molar-refractivity contribution is 5.76. The first-order chi connectivity index (χ1) is 35.5. The molecule has 0 unspecified atom stereocenters. The Bertz CT molecular complexity index is 1120. The first-order valence-electron chi connectivity index (χ1n) is 32.6. The molecule has 0 spiro atoms. The van der Waals surface area contributed by atoms with Gasteiger partial charge in [-0.15, -0.1) is 0 Å². The van der Waals surface area contributed by atoms with Crippen molar-refractivity contribution >= 4 is 11.9 Å². The second-order valence-corrected chi connectivity index (χ2v) is 22.5. The average molecular weight is 1010 g/mol. The number of carbonyl (C=O) groups is 2. The lowest BCUT2D eigenvalue weighted by Crippen LogP contribution is -2.45. The summed E-state index contributed by atoms with van der Waals surface area (Å²) in [5.74, 6) is -0.0272. The number of aliphatic hydroxyl groups is 2. The van der Waals surface area contributed by atoms with Crippen molar-refractivity contribution in [1.29, 1.82) is 0 Å². The van der Waals surface area contributed by atoms with Gasteiger partial charge in [-0.05, 0) is 57.8 Å². The fraction of sp³-hybridized carbons (Fsp3) is 0.909. The SMILES string of the molecule is CCCCC/C=C\C/C=C\CCCCCCCC(=O)OCCCCCCCCCCCCCCCCCCCCCCCCCCCCC(=O)N[C@@H](CO)[C@H](O)CCCCCCCCCCCCCCCC. The van der Waals surface area contributed by atoms with Gasteiger partial charge in [0.15, 0.2) is 0 Å². The first kappa shape index (κ1) is 70.3. The molecule has 0 aliphatic carbocycles. The standard InChI is InChI=1S/C66H127NO5/c1-3-5-7-9-11-13-15-17-31-36-40-44-48-52-56-60-66(71)72-61-57-53-49-45-41-37-33-30-28-26-24-22-20-19-21-23-25-27-29-32-35-39-43-47-51-55-59-65(70)67-63(62-68)64(69)58-54-50-46-42-38-34-18-16-14-12-10-8-6-4-2/h11,13,17,31,63-64,68-69H,3-10,12,14-16,18-30,32-62H2,1-2H3,(H,67,70)/b13-11-,31-17-/t63-,64+/m0/s1. The van der Waals surface area contributed by atoms with Crippen LogP contribution in [0.3, 0.4) is 0 Å². The molecular formula is C66H127NO5. The lowest BCUT2D eigenvalue weighted by atomic mass is 10.0. The Morgan fingerprint density at radius 1 is 0.389 bits per heavy atom. The van der Waals surface area contributed by atoms with E-state index >= 15 is 0 Å². The van der Waals surface area contributed by atoms with Gasteiger partial charge in [0.05, 0.1) is 25.4 Å². The fourth-order valence-electron chi connectivity index (χ4n) is 10.3. The molecule has 0 heterocycles. The van der Waals surface area contributed by atoms with Gasteiger partial charge in [0, 0.05) is 12.8 Å². The van der Waals surface area contributed by atoms with Crippen LogP contribution in [0.5, 0.6) is 0 Å². The Morgan fingerprint density at radius 2 is 0.694 bits per heavy atom.